The topological polar surface area (TPSA) is 337 Å². The summed E-state index contributed by atoms with van der Waals surface area (Å²) in [5.41, 5.74) is -13.9. The van der Waals surface area contributed by atoms with Crippen LogP contribution in [0.5, 0.6) is 0 Å². The summed E-state index contributed by atoms with van der Waals surface area (Å²) in [5, 5.41) is 96.0. The van der Waals surface area contributed by atoms with Gasteiger partial charge in [0, 0.05) is 51.0 Å². The zero-order chi connectivity index (χ0) is 46.1. The fourth-order valence-electron chi connectivity index (χ4n) is 13.2. The van der Waals surface area contributed by atoms with Gasteiger partial charge >= 0.3 is 41.8 Å². The van der Waals surface area contributed by atoms with E-state index < -0.39 is 181 Å². The highest BCUT2D eigenvalue weighted by Gasteiger charge is 2.83. The van der Waals surface area contributed by atoms with Crippen molar-refractivity contribution in [3.63, 3.8) is 0 Å². The molecule has 0 amide bonds. The van der Waals surface area contributed by atoms with Crippen molar-refractivity contribution >= 4 is 41.8 Å². The summed E-state index contributed by atoms with van der Waals surface area (Å²) in [5.74, 6) is -12.1. The standard InChI is InChI=1S/C41H56O21/c1-18-31(59-19(2)42)32(60-20(3)43)33(61-21(4)44)35(58-18)62-23-12-38(54)8-6-25-34(41(38,26(45)11-27(46)47)39(55,13-23)15-29(50)51)37(53,14-28(48)49)17-36(5)24(7-9-40(25,36)56)22-10-30(52)57-16-22/h10,18,23-26,31-35,45,53-56H,6-9,11-17H2,1-5H3,(H,46,47)(H,48,49)(H,50,51)/t18-,23+,24+,25+,26?,31-,32+,33+,34+,35-,36+,37+,38-,39-,40-,41+/m0/s1. The van der Waals surface area contributed by atoms with Crippen LogP contribution in [0, 0.1) is 28.6 Å². The predicted octanol–water partition coefficient (Wildman–Crippen LogP) is -0.269. The third-order valence-electron chi connectivity index (χ3n) is 14.8. The van der Waals surface area contributed by atoms with Crippen LogP contribution in [0.4, 0.5) is 0 Å². The Morgan fingerprint density at radius 1 is 0.823 bits per heavy atom. The lowest BCUT2D eigenvalue weighted by atomic mass is 9.33. The van der Waals surface area contributed by atoms with Crippen LogP contribution < -0.4 is 0 Å². The molecular weight excluding hydrogens is 828 g/mol. The highest BCUT2D eigenvalue weighted by atomic mass is 16.7. The number of rotatable bonds is 13. The Balaban J connectivity index is 1.52. The summed E-state index contributed by atoms with van der Waals surface area (Å²) in [6.07, 6.45) is -16.5. The van der Waals surface area contributed by atoms with E-state index in [1.165, 1.54) is 13.0 Å². The van der Waals surface area contributed by atoms with Gasteiger partial charge in [-0.25, -0.2) is 4.79 Å². The number of esters is 4. The van der Waals surface area contributed by atoms with Gasteiger partial charge in [-0.05, 0) is 56.4 Å². The third-order valence-corrected chi connectivity index (χ3v) is 14.8. The van der Waals surface area contributed by atoms with Crippen molar-refractivity contribution in [3.05, 3.63) is 11.6 Å². The second-order valence-corrected chi connectivity index (χ2v) is 18.4. The maximum absolute atomic E-state index is 13.3. The molecule has 4 aliphatic carbocycles. The number of hydrogen-bond acceptors (Lipinski definition) is 18. The number of fused-ring (bicyclic) bond motifs is 5. The number of aliphatic hydroxyl groups excluding tert-OH is 1. The van der Waals surface area contributed by atoms with E-state index in [1.54, 1.807) is 6.92 Å². The number of cyclic esters (lactones) is 1. The number of hydrogen-bond donors (Lipinski definition) is 8. The first kappa shape index (κ1) is 47.2. The molecule has 1 unspecified atom stereocenters. The number of carboxylic acid groups (broad SMARTS) is 3. The van der Waals surface area contributed by atoms with Crippen molar-refractivity contribution in [3.8, 4) is 0 Å². The number of carbonyl (C=O) groups excluding carboxylic acids is 4. The van der Waals surface area contributed by atoms with Crippen LogP contribution >= 0.6 is 0 Å². The molecular formula is C41H56O21. The molecule has 6 rings (SSSR count). The molecule has 0 aromatic carbocycles. The highest BCUT2D eigenvalue weighted by molar-refractivity contribution is 5.85. The molecule has 4 saturated carbocycles. The molecule has 1 saturated heterocycles. The molecule has 62 heavy (non-hydrogen) atoms. The lowest BCUT2D eigenvalue weighted by Gasteiger charge is -2.74. The van der Waals surface area contributed by atoms with Gasteiger partial charge < -0.3 is 69.3 Å². The minimum Gasteiger partial charge on any atom is -0.481 e. The van der Waals surface area contributed by atoms with Gasteiger partial charge in [-0.15, -0.1) is 0 Å². The summed E-state index contributed by atoms with van der Waals surface area (Å²) in [6.45, 7) is 6.03. The lowest BCUT2D eigenvalue weighted by molar-refractivity contribution is -0.386. The van der Waals surface area contributed by atoms with Crippen LogP contribution in [0.1, 0.15) is 98.8 Å². The molecule has 0 bridgehead atoms. The number of aliphatic carboxylic acids is 3. The van der Waals surface area contributed by atoms with Crippen molar-refractivity contribution in [1.29, 1.82) is 0 Å². The van der Waals surface area contributed by atoms with Crippen LogP contribution in [0.2, 0.25) is 0 Å². The fraction of sp³-hybridized carbons (Fsp3) is 0.780. The fourth-order valence-corrected chi connectivity index (χ4v) is 13.2. The lowest BCUT2D eigenvalue weighted by Crippen LogP contribution is -2.83. The van der Waals surface area contributed by atoms with E-state index in [-0.39, 0.29) is 25.9 Å². The van der Waals surface area contributed by atoms with Crippen LogP contribution in [0.15, 0.2) is 11.6 Å². The Hall–Kier alpha value is -4.25. The van der Waals surface area contributed by atoms with Crippen molar-refractivity contribution in [2.45, 2.75) is 164 Å². The first-order valence-electron chi connectivity index (χ1n) is 20.6. The van der Waals surface area contributed by atoms with Crippen molar-refractivity contribution in [1.82, 2.24) is 0 Å². The molecule has 6 aliphatic rings. The van der Waals surface area contributed by atoms with Crippen molar-refractivity contribution in [2.75, 3.05) is 6.61 Å². The predicted molar refractivity (Wildman–Crippen MR) is 201 cm³/mol. The smallest absolute Gasteiger partial charge is 0.331 e. The Bertz CT molecular complexity index is 1900. The molecule has 0 aromatic rings. The maximum Gasteiger partial charge on any atom is 0.331 e. The van der Waals surface area contributed by atoms with Gasteiger partial charge in [0.25, 0.3) is 0 Å². The Morgan fingerprint density at radius 2 is 1.42 bits per heavy atom. The van der Waals surface area contributed by atoms with Crippen molar-refractivity contribution < 1.29 is 103 Å². The number of ether oxygens (including phenoxy) is 6. The summed E-state index contributed by atoms with van der Waals surface area (Å²) in [4.78, 5) is 87.3. The summed E-state index contributed by atoms with van der Waals surface area (Å²) in [7, 11) is 0. The van der Waals surface area contributed by atoms with E-state index in [9.17, 15) is 74.4 Å². The average molecular weight is 885 g/mol. The van der Waals surface area contributed by atoms with Gasteiger partial charge in [0.05, 0.1) is 65.4 Å². The molecule has 21 nitrogen and oxygen atoms in total. The average Bonchev–Trinajstić information content (AvgIpc) is 3.64. The van der Waals surface area contributed by atoms with E-state index in [4.69, 9.17) is 28.4 Å². The normalized spacial score (nSPS) is 44.0. The Morgan fingerprint density at radius 3 is 1.97 bits per heavy atom. The van der Waals surface area contributed by atoms with Gasteiger partial charge in [-0.3, -0.25) is 28.8 Å². The molecule has 0 spiro atoms. The molecule has 346 valence electrons. The van der Waals surface area contributed by atoms with Crippen molar-refractivity contribution in [2.24, 2.45) is 28.6 Å². The van der Waals surface area contributed by atoms with E-state index in [0.717, 1.165) is 20.8 Å². The van der Waals surface area contributed by atoms with Crippen LogP contribution in [0.3, 0.4) is 0 Å². The third kappa shape index (κ3) is 7.66. The SMILES string of the molecule is CC(=O)O[C@@H]1[C@@H](OC(C)=O)[C@H](C)O[C@@H](O[C@H]2C[C@](O)(CC(=O)O)[C@]3(C(O)CC(=O)O)[C@@H]4[C@@H](CC[C@]3(O)C2)[C@@]2(O)CC[C@H](C3=CC(=O)OC3)[C@@]2(C)C[C@]4(O)CC(=O)O)[C@@H]1OC(C)=O. The molecule has 21 heteroatoms. The zero-order valence-electron chi connectivity index (χ0n) is 35.0. The van der Waals surface area contributed by atoms with Gasteiger partial charge in [0.1, 0.15) is 6.61 Å². The monoisotopic (exact) mass is 884 g/mol. The molecule has 2 aliphatic heterocycles. The number of aliphatic hydroxyl groups is 5. The van der Waals surface area contributed by atoms with Crippen LogP contribution in [-0.2, 0) is 62.0 Å². The second kappa shape index (κ2) is 16.4. The largest absolute Gasteiger partial charge is 0.481 e. The van der Waals surface area contributed by atoms with Crippen LogP contribution in [0.25, 0.3) is 0 Å². The second-order valence-electron chi connectivity index (χ2n) is 18.4. The Kier molecular flexibility index (Phi) is 12.5. The molecule has 5 fully saturated rings. The summed E-state index contributed by atoms with van der Waals surface area (Å²) in [6, 6.07) is 0. The summed E-state index contributed by atoms with van der Waals surface area (Å²) >= 11 is 0. The first-order valence-corrected chi connectivity index (χ1v) is 20.6. The maximum atomic E-state index is 13.3. The Labute approximate surface area is 355 Å². The van der Waals surface area contributed by atoms with Crippen LogP contribution in [-0.4, -0.2) is 155 Å². The van der Waals surface area contributed by atoms with Gasteiger partial charge in [0.15, 0.2) is 24.6 Å². The molecule has 0 aromatic heterocycles. The quantitative estimate of drug-likeness (QED) is 0.0670. The molecule has 2 heterocycles. The van der Waals surface area contributed by atoms with E-state index >= 15 is 0 Å². The number of carboxylic acids is 3. The highest BCUT2D eigenvalue weighted by Crippen LogP contribution is 2.76. The van der Waals surface area contributed by atoms with E-state index in [0.29, 0.717) is 5.57 Å². The summed E-state index contributed by atoms with van der Waals surface area (Å²) < 4.78 is 33.8. The minimum atomic E-state index is -3.00. The van der Waals surface area contributed by atoms with Gasteiger partial charge in [0.2, 0.25) is 0 Å². The van der Waals surface area contributed by atoms with Gasteiger partial charge in [-0.2, -0.15) is 0 Å². The number of carbonyl (C=O) groups is 7. The molecule has 8 N–H and O–H groups in total. The van der Waals surface area contributed by atoms with E-state index in [2.05, 4.69) is 0 Å². The zero-order valence-corrected chi connectivity index (χ0v) is 35.0. The molecule has 16 atom stereocenters. The van der Waals surface area contributed by atoms with Gasteiger partial charge in [-0.1, -0.05) is 6.92 Å². The van der Waals surface area contributed by atoms with E-state index in [1.807, 2.05) is 0 Å². The first-order chi connectivity index (χ1) is 28.7. The molecule has 0 radical (unpaired) electrons. The minimum absolute atomic E-state index is 0.0246.